The number of hydrogen-bond donors (Lipinski definition) is 3. The molecule has 0 aromatic heterocycles. The second-order valence-corrected chi connectivity index (χ2v) is 8.22. The standard InChI is InChI=1S/C17H25N3O5S/c1-7-12-11(8(2)21)16(23)20(12)13(17(24)25)14(7)26-9-5-10(18-6-9)15(22)19(3)4/h7-12,18,21H,5-6H2,1-4H3,(H,24,25)/t7-,8-,9+,10+,11-,12-/m1/s1/i3D3,4D3. The molecular weight excluding hydrogens is 358 g/mol. The van der Waals surface area contributed by atoms with E-state index in [0.29, 0.717) is 4.91 Å². The predicted molar refractivity (Wildman–Crippen MR) is 96.1 cm³/mol. The number of likely N-dealkylation sites (N-methyl/N-ethyl adjacent to an activating group) is 1. The molecule has 6 atom stereocenters. The lowest BCUT2D eigenvalue weighted by Crippen LogP contribution is -2.63. The first-order valence-electron chi connectivity index (χ1n) is 11.3. The van der Waals surface area contributed by atoms with Gasteiger partial charge < -0.3 is 25.3 Å². The Hall–Kier alpha value is -1.58. The Kier molecular flexibility index (Phi) is 3.36. The monoisotopic (exact) mass is 389 g/mol. The largest absolute Gasteiger partial charge is 0.477 e. The molecule has 3 heterocycles. The summed E-state index contributed by atoms with van der Waals surface area (Å²) in [4.78, 5) is 38.6. The van der Waals surface area contributed by atoms with Crippen LogP contribution in [0.4, 0.5) is 0 Å². The first-order valence-corrected chi connectivity index (χ1v) is 9.18. The Morgan fingerprint density at radius 2 is 2.15 bits per heavy atom. The van der Waals surface area contributed by atoms with E-state index in [0.717, 1.165) is 0 Å². The maximum atomic E-state index is 12.7. The summed E-state index contributed by atoms with van der Waals surface area (Å²) in [7, 11) is 0. The number of fused-ring (bicyclic) bond motifs is 1. The molecular formula is C17H25N3O5S. The molecule has 0 aromatic carbocycles. The highest BCUT2D eigenvalue weighted by molar-refractivity contribution is 8.03. The number of nitrogens with zero attached hydrogens (tertiary/aromatic N) is 2. The molecule has 0 saturated carbocycles. The molecule has 0 spiro atoms. The second-order valence-electron chi connectivity index (χ2n) is 6.88. The van der Waals surface area contributed by atoms with E-state index in [9.17, 15) is 24.6 Å². The Bertz CT molecular complexity index is 847. The first kappa shape index (κ1) is 12.7. The first-order chi connectivity index (χ1) is 14.6. The molecule has 26 heavy (non-hydrogen) atoms. The maximum absolute atomic E-state index is 12.7. The number of amides is 2. The van der Waals surface area contributed by atoms with Gasteiger partial charge in [0.15, 0.2) is 0 Å². The number of β-lactam (4-membered cyclic amide) rings is 1. The van der Waals surface area contributed by atoms with Gasteiger partial charge in [0.05, 0.1) is 24.1 Å². The van der Waals surface area contributed by atoms with Gasteiger partial charge in [-0.05, 0) is 13.3 Å². The molecule has 3 rings (SSSR count). The number of carboxylic acids is 1. The summed E-state index contributed by atoms with van der Waals surface area (Å²) in [5, 5.41) is 22.1. The van der Waals surface area contributed by atoms with Gasteiger partial charge in [0.25, 0.3) is 0 Å². The molecule has 3 aliphatic rings. The molecule has 0 bridgehead atoms. The highest BCUT2D eigenvalue weighted by Gasteiger charge is 2.60. The third-order valence-electron chi connectivity index (χ3n) is 5.21. The van der Waals surface area contributed by atoms with E-state index in [1.807, 2.05) is 0 Å². The average Bonchev–Trinajstić information content (AvgIpc) is 3.15. The second kappa shape index (κ2) is 6.86. The minimum Gasteiger partial charge on any atom is -0.477 e. The Balaban J connectivity index is 1.77. The van der Waals surface area contributed by atoms with Gasteiger partial charge in [-0.25, -0.2) is 4.79 Å². The van der Waals surface area contributed by atoms with Crippen LogP contribution in [0.25, 0.3) is 0 Å². The number of aliphatic hydroxyl groups is 1. The fourth-order valence-corrected chi connectivity index (χ4v) is 5.47. The predicted octanol–water partition coefficient (Wildman–Crippen LogP) is -0.308. The number of hydrogen-bond acceptors (Lipinski definition) is 6. The van der Waals surface area contributed by atoms with Gasteiger partial charge in [-0.15, -0.1) is 11.8 Å². The summed E-state index contributed by atoms with van der Waals surface area (Å²) in [5.74, 6) is -3.84. The Labute approximate surface area is 165 Å². The summed E-state index contributed by atoms with van der Waals surface area (Å²) in [5.41, 5.74) is -0.143. The van der Waals surface area contributed by atoms with Crippen LogP contribution >= 0.6 is 11.8 Å². The molecule has 2 saturated heterocycles. The van der Waals surface area contributed by atoms with Crippen molar-refractivity contribution in [1.82, 2.24) is 15.1 Å². The van der Waals surface area contributed by atoms with E-state index in [-0.39, 0.29) is 34.7 Å². The van der Waals surface area contributed by atoms with Crippen molar-refractivity contribution in [2.24, 2.45) is 11.8 Å². The Morgan fingerprint density at radius 3 is 2.73 bits per heavy atom. The van der Waals surface area contributed by atoms with Gasteiger partial charge in [-0.2, -0.15) is 0 Å². The smallest absolute Gasteiger partial charge is 0.353 e. The number of carbonyl (C=O) groups is 3. The van der Waals surface area contributed by atoms with Crippen molar-refractivity contribution in [3.05, 3.63) is 10.6 Å². The van der Waals surface area contributed by atoms with E-state index in [4.69, 9.17) is 8.22 Å². The van der Waals surface area contributed by atoms with Crippen LogP contribution < -0.4 is 5.32 Å². The fraction of sp³-hybridized carbons (Fsp3) is 0.706. The zero-order chi connectivity index (χ0) is 24.3. The molecule has 3 aliphatic heterocycles. The van der Waals surface area contributed by atoms with Crippen LogP contribution in [0.3, 0.4) is 0 Å². The topological polar surface area (TPSA) is 110 Å². The molecule has 9 heteroatoms. The molecule has 144 valence electrons. The number of carbonyl (C=O) groups excluding carboxylic acids is 2. The van der Waals surface area contributed by atoms with Crippen LogP contribution in [0, 0.1) is 11.8 Å². The van der Waals surface area contributed by atoms with Crippen LogP contribution in [0.2, 0.25) is 0 Å². The van der Waals surface area contributed by atoms with E-state index < -0.39 is 55.8 Å². The van der Waals surface area contributed by atoms with Gasteiger partial charge in [-0.1, -0.05) is 6.92 Å². The number of aliphatic carboxylic acids is 1. The van der Waals surface area contributed by atoms with Crippen LogP contribution in [0.15, 0.2) is 10.6 Å². The third kappa shape index (κ3) is 2.91. The van der Waals surface area contributed by atoms with Crippen molar-refractivity contribution < 1.29 is 32.8 Å². The maximum Gasteiger partial charge on any atom is 0.353 e. The highest BCUT2D eigenvalue weighted by atomic mass is 32.2. The molecule has 0 aromatic rings. The van der Waals surface area contributed by atoms with E-state index in [1.165, 1.54) is 23.6 Å². The van der Waals surface area contributed by atoms with Gasteiger partial charge in [0, 0.05) is 44.8 Å². The Morgan fingerprint density at radius 1 is 1.46 bits per heavy atom. The minimum absolute atomic E-state index is 0.0807. The molecule has 3 N–H and O–H groups in total. The van der Waals surface area contributed by atoms with Gasteiger partial charge in [0.2, 0.25) is 11.8 Å². The van der Waals surface area contributed by atoms with Crippen LogP contribution in [0.1, 0.15) is 28.5 Å². The lowest BCUT2D eigenvalue weighted by Gasteiger charge is -2.46. The minimum atomic E-state index is -3.14. The van der Waals surface area contributed by atoms with Gasteiger partial charge in [0.1, 0.15) is 5.70 Å². The zero-order valence-corrected chi connectivity index (χ0v) is 15.1. The number of aliphatic hydroxyl groups excluding tert-OH is 1. The zero-order valence-electron chi connectivity index (χ0n) is 20.3. The van der Waals surface area contributed by atoms with E-state index in [2.05, 4.69) is 5.32 Å². The lowest BCUT2D eigenvalue weighted by atomic mass is 9.79. The van der Waals surface area contributed by atoms with Gasteiger partial charge in [-0.3, -0.25) is 9.59 Å². The summed E-state index contributed by atoms with van der Waals surface area (Å²) in [6, 6.07) is -1.52. The van der Waals surface area contributed by atoms with Crippen LogP contribution in [0.5, 0.6) is 0 Å². The number of nitrogens with one attached hydrogen (secondary N) is 1. The summed E-state index contributed by atoms with van der Waals surface area (Å²) in [6.07, 6.45) is -0.834. The number of rotatable bonds is 5. The van der Waals surface area contributed by atoms with Gasteiger partial charge >= 0.3 is 5.97 Å². The lowest BCUT2D eigenvalue weighted by molar-refractivity contribution is -0.163. The molecule has 0 radical (unpaired) electrons. The quantitative estimate of drug-likeness (QED) is 0.553. The number of carboxylic acid groups (broad SMARTS) is 1. The molecule has 8 nitrogen and oxygen atoms in total. The molecule has 0 aliphatic carbocycles. The molecule has 2 fully saturated rings. The highest BCUT2D eigenvalue weighted by Crippen LogP contribution is 2.51. The summed E-state index contributed by atoms with van der Waals surface area (Å²) >= 11 is 1.18. The fourth-order valence-electron chi connectivity index (χ4n) is 4.00. The normalized spacial score (nSPS) is 39.0. The van der Waals surface area contributed by atoms with Crippen molar-refractivity contribution in [2.75, 3.05) is 20.5 Å². The number of thioether (sulfide) groups is 1. The van der Waals surface area contributed by atoms with Crippen LogP contribution in [-0.4, -0.2) is 81.7 Å². The van der Waals surface area contributed by atoms with Crippen molar-refractivity contribution >= 4 is 29.5 Å². The van der Waals surface area contributed by atoms with Crippen molar-refractivity contribution in [3.63, 3.8) is 0 Å². The van der Waals surface area contributed by atoms with Crippen molar-refractivity contribution in [2.45, 2.75) is 43.7 Å². The van der Waals surface area contributed by atoms with E-state index >= 15 is 0 Å². The van der Waals surface area contributed by atoms with Crippen molar-refractivity contribution in [3.8, 4) is 0 Å². The summed E-state index contributed by atoms with van der Waals surface area (Å²) < 4.78 is 44.5. The van der Waals surface area contributed by atoms with Crippen LogP contribution in [-0.2, 0) is 14.4 Å². The average molecular weight is 390 g/mol. The third-order valence-corrected chi connectivity index (χ3v) is 6.73. The van der Waals surface area contributed by atoms with E-state index in [1.54, 1.807) is 6.92 Å². The molecule has 2 amide bonds. The summed E-state index contributed by atoms with van der Waals surface area (Å²) in [6.45, 7) is -2.81. The molecule has 0 unspecified atom stereocenters. The van der Waals surface area contributed by atoms with Crippen molar-refractivity contribution in [1.29, 1.82) is 0 Å². The SMILES string of the molecule is [2H]C([2H])([2H])N(C(=O)[C@@H]1C[C@H](SC2=C(C(=O)O)N3C(=O)[C@H]([C@@H](C)O)[C@H]3[C@H]2C)CN1)C([2H])([2H])[2H].